The van der Waals surface area contributed by atoms with Crippen molar-refractivity contribution < 1.29 is 161 Å². The first kappa shape index (κ1) is 76.1. The monoisotopic (exact) mass is 1540 g/mol. The van der Waals surface area contributed by atoms with E-state index in [0.717, 1.165) is 18.3 Å². The minimum absolute atomic E-state index is 0. The molecule has 0 saturated heterocycles. The average Bonchev–Trinajstić information content (AvgIpc) is 3.30. The molecule has 30 heteroatoms. The van der Waals surface area contributed by atoms with Crippen molar-refractivity contribution in [1.29, 1.82) is 0 Å². The van der Waals surface area contributed by atoms with Crippen LogP contribution >= 0.6 is 0 Å². The van der Waals surface area contributed by atoms with Crippen LogP contribution in [0.5, 0.6) is 40.6 Å². The first-order chi connectivity index (χ1) is 32.9. The second-order valence-corrected chi connectivity index (χ2v) is 17.9. The molecular formula is C46H48N8O18S2U2-12. The fourth-order valence-electron chi connectivity index (χ4n) is 5.65. The van der Waals surface area contributed by atoms with E-state index >= 15 is 0 Å². The molecule has 0 atom stereocenters. The summed E-state index contributed by atoms with van der Waals surface area (Å²) in [5.74, 6) is -9.17. The summed E-state index contributed by atoms with van der Waals surface area (Å²) in [5, 5.41) is 93.5. The van der Waals surface area contributed by atoms with Crippen LogP contribution in [0.2, 0.25) is 0 Å². The number of aromatic nitrogens is 4. The van der Waals surface area contributed by atoms with Gasteiger partial charge in [0.2, 0.25) is 5.56 Å². The van der Waals surface area contributed by atoms with Gasteiger partial charge < -0.3 is 83.5 Å². The molecule has 4 aromatic heterocycles. The van der Waals surface area contributed by atoms with E-state index in [1.165, 1.54) is 77.2 Å². The van der Waals surface area contributed by atoms with E-state index in [4.69, 9.17) is 0 Å². The van der Waals surface area contributed by atoms with Crippen LogP contribution in [0.15, 0.2) is 102 Å². The summed E-state index contributed by atoms with van der Waals surface area (Å²) in [7, 11) is 4.39. The predicted molar refractivity (Wildman–Crippen MR) is 245 cm³/mol. The van der Waals surface area contributed by atoms with Crippen molar-refractivity contribution in [3.8, 4) is 40.6 Å². The molecular weight excluding hydrogens is 1490 g/mol. The van der Waals surface area contributed by atoms with Crippen LogP contribution in [0.1, 0.15) is 52.6 Å². The van der Waals surface area contributed by atoms with Gasteiger partial charge in [0.1, 0.15) is 38.8 Å². The Morgan fingerprint density at radius 3 is 1.08 bits per heavy atom. The van der Waals surface area contributed by atoms with Crippen LogP contribution in [0.3, 0.4) is 0 Å². The molecule has 412 valence electrons. The largest absolute Gasteiger partial charge is 2.00 e. The fourth-order valence-corrected chi connectivity index (χ4v) is 5.65. The number of nitrogens with one attached hydrogen (secondary N) is 4. The Morgan fingerprint density at radius 2 is 0.763 bits per heavy atom. The molecule has 4 amide bonds. The van der Waals surface area contributed by atoms with E-state index in [2.05, 4.69) is 21.3 Å². The fraction of sp³-hybridized carbons (Fsp3) is 0.217. The van der Waals surface area contributed by atoms with Crippen molar-refractivity contribution in [1.82, 2.24) is 15.2 Å². The first-order valence-corrected chi connectivity index (χ1v) is 24.1. The maximum Gasteiger partial charge on any atom is 0.255 e. The molecule has 4 heterocycles. The Labute approximate surface area is 488 Å². The summed E-state index contributed by atoms with van der Waals surface area (Å²) in [4.78, 5) is 61.4. The third-order valence-electron chi connectivity index (χ3n) is 9.28. The van der Waals surface area contributed by atoms with Crippen molar-refractivity contribution in [3.63, 3.8) is 0 Å². The SMILES string of the molecule is CS(C)=O.CS(C)=O.C[n+]1ccc(C(=O)NCc2ccccc2NC(=O)c2cc[n+](C)c([O-])c2[O-])c([O-])c1[O-].Cn1ccc(C(=O)NCc2ccccc2NC(=O)c2cc[n+](C)c([O-])c2[O-])c([O-])c1=O.[O-2].[O-2].[O-2].[O-2].[U].[U]. The number of anilines is 2. The average molecular weight is 1540 g/mol. The summed E-state index contributed by atoms with van der Waals surface area (Å²) in [6.07, 6.45) is 11.8. The summed E-state index contributed by atoms with van der Waals surface area (Å²) < 4.78 is 23.4. The Bertz CT molecular complexity index is 3020. The molecule has 0 aliphatic heterocycles. The van der Waals surface area contributed by atoms with E-state index in [-0.39, 0.29) is 119 Å². The molecule has 4 N–H and O–H groups in total. The van der Waals surface area contributed by atoms with Gasteiger partial charge in [0.25, 0.3) is 23.6 Å². The third-order valence-corrected chi connectivity index (χ3v) is 9.28. The van der Waals surface area contributed by atoms with Crippen LogP contribution in [-0.4, -0.2) is 61.6 Å². The first-order valence-electron chi connectivity index (χ1n) is 20.2. The number of aryl methyl sites for hydroxylation is 4. The molecule has 76 heavy (non-hydrogen) atoms. The molecule has 6 rings (SSSR count). The number of rotatable bonds is 10. The standard InChI is InChI=1S/2C21H20N4O6.2C2H6OS.4O.2U/c2*1-24-9-7-13(16(26)20(24)30)18(28)22-11-12-5-3-4-6-15(12)23-19(29)14-8-10-25(2)21(31)17(14)27;2*1-4(2)3;;;;;;/h2*3-10H,11H2,1-2H3,(H4,22,23,26,27,28,29);2*1-2H3;;;;;;/q;;;;4*-2;;/p-4. The number of para-hydroxylation sites is 2. The number of hydrogen-bond acceptors (Lipinski definition) is 14. The van der Waals surface area contributed by atoms with E-state index in [0.29, 0.717) is 22.5 Å². The zero-order valence-corrected chi connectivity index (χ0v) is 51.6. The van der Waals surface area contributed by atoms with E-state index in [1.54, 1.807) is 73.6 Å². The molecule has 0 bridgehead atoms. The van der Waals surface area contributed by atoms with Gasteiger partial charge in [0, 0.05) is 187 Å². The van der Waals surface area contributed by atoms with Gasteiger partial charge in [0.05, 0.1) is 0 Å². The molecule has 0 radical (unpaired) electrons. The molecule has 26 nitrogen and oxygen atoms in total. The normalized spacial score (nSPS) is 9.50. The zero-order valence-electron chi connectivity index (χ0n) is 41.6. The smallest absolute Gasteiger partial charge is 0.255 e. The van der Waals surface area contributed by atoms with Crippen molar-refractivity contribution in [2.75, 3.05) is 35.7 Å². The van der Waals surface area contributed by atoms with Crippen molar-refractivity contribution >= 4 is 56.6 Å². The molecule has 6 aromatic rings. The molecule has 0 fully saturated rings. The van der Waals surface area contributed by atoms with Crippen molar-refractivity contribution in [2.24, 2.45) is 28.2 Å². The maximum atomic E-state index is 12.5. The summed E-state index contributed by atoms with van der Waals surface area (Å²) >= 11 is 0. The molecule has 0 spiro atoms. The van der Waals surface area contributed by atoms with Gasteiger partial charge in [-0.05, 0) is 52.3 Å². The van der Waals surface area contributed by atoms with Gasteiger partial charge in [-0.15, -0.1) is 0 Å². The van der Waals surface area contributed by atoms with E-state index < -0.39 is 91.4 Å². The maximum absolute atomic E-state index is 12.5. The van der Waals surface area contributed by atoms with Gasteiger partial charge in [-0.25, -0.2) is 13.7 Å². The van der Waals surface area contributed by atoms with Crippen LogP contribution in [0.25, 0.3) is 0 Å². The van der Waals surface area contributed by atoms with Crippen molar-refractivity contribution in [2.45, 2.75) is 13.1 Å². The molecule has 2 aromatic carbocycles. The van der Waals surface area contributed by atoms with Gasteiger partial charge in [-0.2, -0.15) is 0 Å². The zero-order chi connectivity index (χ0) is 52.6. The van der Waals surface area contributed by atoms with Crippen LogP contribution in [-0.2, 0) is 84.8 Å². The van der Waals surface area contributed by atoms with Gasteiger partial charge >= 0.3 is 0 Å². The number of amides is 4. The molecule has 0 saturated carbocycles. The van der Waals surface area contributed by atoms with Gasteiger partial charge in [-0.1, -0.05) is 36.4 Å². The Kier molecular flexibility index (Phi) is 35.8. The van der Waals surface area contributed by atoms with Gasteiger partial charge in [-0.3, -0.25) is 32.4 Å². The summed E-state index contributed by atoms with van der Waals surface area (Å²) in [5.41, 5.74) is -0.438. The molecule has 0 aliphatic rings. The van der Waals surface area contributed by atoms with E-state index in [9.17, 15) is 68.1 Å². The Balaban J connectivity index is -0.000000558. The van der Waals surface area contributed by atoms with Crippen LogP contribution in [0.4, 0.5) is 11.4 Å². The predicted octanol–water partition coefficient (Wildman–Crippen LogP) is -4.06. The van der Waals surface area contributed by atoms with Crippen LogP contribution in [0, 0.1) is 62.2 Å². The summed E-state index contributed by atoms with van der Waals surface area (Å²) in [6, 6.07) is 18.0. The number of pyridine rings is 4. The second-order valence-electron chi connectivity index (χ2n) is 15.0. The number of carbonyl (C=O) groups is 4. The second kappa shape index (κ2) is 35.8. The Morgan fingerprint density at radius 1 is 0.487 bits per heavy atom. The Hall–Kier alpha value is -6.44. The molecule has 0 aliphatic carbocycles. The number of carbonyl (C=O) groups excluding carboxylic acids is 4. The number of hydrogen-bond donors (Lipinski definition) is 4. The van der Waals surface area contributed by atoms with Crippen LogP contribution < -0.4 is 76.3 Å². The topological polar surface area (TPSA) is 460 Å². The minimum atomic E-state index is -0.929. The van der Waals surface area contributed by atoms with Crippen molar-refractivity contribution in [3.05, 3.63) is 141 Å². The summed E-state index contributed by atoms with van der Waals surface area (Å²) in [6.45, 7) is -0.130. The van der Waals surface area contributed by atoms with Gasteiger partial charge in [0.15, 0.2) is 18.6 Å². The van der Waals surface area contributed by atoms with E-state index in [1.807, 2.05) is 0 Å². The third kappa shape index (κ3) is 21.7. The molecule has 0 unspecified atom stereocenters. The minimum Gasteiger partial charge on any atom is -2.00 e. The quantitative estimate of drug-likeness (QED) is 0.0949. The number of benzene rings is 2. The number of nitrogens with zero attached hydrogens (tertiary/aromatic N) is 4.